The number of hydrogen-bond acceptors (Lipinski definition) is 3. The Bertz CT molecular complexity index is 381. The molecule has 1 rings (SSSR count). The topological polar surface area (TPSA) is 81.7 Å². The highest BCUT2D eigenvalue weighted by Crippen LogP contribution is 2.25. The summed E-state index contributed by atoms with van der Waals surface area (Å²) < 4.78 is 0. The van der Waals surface area contributed by atoms with Gasteiger partial charge in [-0.05, 0) is 38.6 Å². The lowest BCUT2D eigenvalue weighted by Crippen LogP contribution is -2.57. The van der Waals surface area contributed by atoms with Gasteiger partial charge in [-0.15, -0.1) is 0 Å². The van der Waals surface area contributed by atoms with Crippen LogP contribution in [0.5, 0.6) is 0 Å². The minimum Gasteiger partial charge on any atom is -0.480 e. The molecule has 1 fully saturated rings. The van der Waals surface area contributed by atoms with Crippen molar-refractivity contribution in [2.24, 2.45) is 5.92 Å². The second-order valence-electron chi connectivity index (χ2n) is 7.12. The van der Waals surface area contributed by atoms with Gasteiger partial charge in [0.15, 0.2) is 0 Å². The number of carboxylic acids is 1. The zero-order chi connectivity index (χ0) is 17.4. The third-order valence-corrected chi connectivity index (χ3v) is 4.51. The van der Waals surface area contributed by atoms with Crippen LogP contribution in [0.2, 0.25) is 0 Å². The number of nitrogens with one attached hydrogen (secondary N) is 2. The Balaban J connectivity index is 2.18. The monoisotopic (exact) mass is 327 g/mol. The molecular formula is C17H33N3O3. The van der Waals surface area contributed by atoms with Crippen LogP contribution in [0.25, 0.3) is 0 Å². The van der Waals surface area contributed by atoms with Crippen molar-refractivity contribution in [3.63, 3.8) is 0 Å². The minimum absolute atomic E-state index is 0.0764. The predicted octanol–water partition coefficient (Wildman–Crippen LogP) is 2.44. The Kier molecular flexibility index (Phi) is 8.37. The van der Waals surface area contributed by atoms with Gasteiger partial charge in [0, 0.05) is 18.1 Å². The summed E-state index contributed by atoms with van der Waals surface area (Å²) in [5.74, 6) is -0.0912. The molecule has 1 aliphatic carbocycles. The molecule has 0 spiro atoms. The van der Waals surface area contributed by atoms with Gasteiger partial charge in [0.05, 0.1) is 6.54 Å². The summed E-state index contributed by atoms with van der Waals surface area (Å²) in [6.07, 6.45) is 4.98. The Morgan fingerprint density at radius 3 is 2.39 bits per heavy atom. The van der Waals surface area contributed by atoms with Gasteiger partial charge in [0.25, 0.3) is 0 Å². The summed E-state index contributed by atoms with van der Waals surface area (Å²) in [5.41, 5.74) is 0. The highest BCUT2D eigenvalue weighted by molar-refractivity contribution is 5.74. The third kappa shape index (κ3) is 7.68. The summed E-state index contributed by atoms with van der Waals surface area (Å²) in [6, 6.07) is 0.506. The van der Waals surface area contributed by atoms with E-state index in [1.54, 1.807) is 0 Å². The normalized spacial score (nSPS) is 21.8. The van der Waals surface area contributed by atoms with Gasteiger partial charge >= 0.3 is 12.0 Å². The lowest BCUT2D eigenvalue weighted by atomic mass is 9.85. The lowest BCUT2D eigenvalue weighted by molar-refractivity contribution is -0.139. The molecule has 0 bridgehead atoms. The van der Waals surface area contributed by atoms with Crippen LogP contribution in [0, 0.1) is 5.92 Å². The molecule has 0 aromatic carbocycles. The fourth-order valence-corrected chi connectivity index (χ4v) is 3.03. The molecule has 0 aromatic rings. The predicted molar refractivity (Wildman–Crippen MR) is 91.5 cm³/mol. The quantitative estimate of drug-likeness (QED) is 0.575. The fourth-order valence-electron chi connectivity index (χ4n) is 3.03. The lowest BCUT2D eigenvalue weighted by Gasteiger charge is -2.42. The molecule has 0 heterocycles. The number of carbonyl (C=O) groups is 2. The first-order chi connectivity index (χ1) is 10.8. The average molecular weight is 327 g/mol. The highest BCUT2D eigenvalue weighted by atomic mass is 16.4. The van der Waals surface area contributed by atoms with E-state index in [0.29, 0.717) is 5.92 Å². The summed E-state index contributed by atoms with van der Waals surface area (Å²) in [4.78, 5) is 24.7. The molecule has 1 saturated carbocycles. The first-order valence-electron chi connectivity index (χ1n) is 8.84. The van der Waals surface area contributed by atoms with Crippen LogP contribution in [-0.2, 0) is 4.79 Å². The number of nitrogens with zero attached hydrogens (tertiary/aromatic N) is 1. The van der Waals surface area contributed by atoms with Crippen molar-refractivity contribution in [2.45, 2.75) is 77.9 Å². The molecule has 1 unspecified atom stereocenters. The molecule has 1 atom stereocenters. The highest BCUT2D eigenvalue weighted by Gasteiger charge is 2.34. The van der Waals surface area contributed by atoms with E-state index in [0.717, 1.165) is 32.2 Å². The zero-order valence-corrected chi connectivity index (χ0v) is 15.0. The van der Waals surface area contributed by atoms with E-state index >= 15 is 0 Å². The second-order valence-corrected chi connectivity index (χ2v) is 7.12. The largest absolute Gasteiger partial charge is 0.480 e. The van der Waals surface area contributed by atoms with E-state index in [9.17, 15) is 9.59 Å². The van der Waals surface area contributed by atoms with Crippen LogP contribution in [0.4, 0.5) is 4.79 Å². The van der Waals surface area contributed by atoms with Crippen LogP contribution < -0.4 is 10.6 Å². The van der Waals surface area contributed by atoms with Crippen molar-refractivity contribution in [3.8, 4) is 0 Å². The number of hydrogen-bond donors (Lipinski definition) is 3. The third-order valence-electron chi connectivity index (χ3n) is 4.51. The molecular weight excluding hydrogens is 294 g/mol. The number of amides is 2. The SMILES string of the molecule is CCN(CC(=O)O)C1CC(NC(=O)NC(C)CCCC(C)C)C1. The standard InChI is InChI=1S/C17H33N3O3/c1-5-20(11-16(21)22)15-9-14(10-15)19-17(23)18-13(4)8-6-7-12(2)3/h12-15H,5-11H2,1-4H3,(H,21,22)(H2,18,19,23). The van der Waals surface area contributed by atoms with Crippen LogP contribution in [0.1, 0.15) is 59.8 Å². The van der Waals surface area contributed by atoms with Crippen molar-refractivity contribution >= 4 is 12.0 Å². The summed E-state index contributed by atoms with van der Waals surface area (Å²) in [5, 5.41) is 14.8. The maximum absolute atomic E-state index is 11.9. The molecule has 0 aromatic heterocycles. The molecule has 23 heavy (non-hydrogen) atoms. The van der Waals surface area contributed by atoms with Crippen LogP contribution in [-0.4, -0.2) is 53.2 Å². The van der Waals surface area contributed by atoms with Crippen molar-refractivity contribution in [3.05, 3.63) is 0 Å². The fraction of sp³-hybridized carbons (Fsp3) is 0.882. The van der Waals surface area contributed by atoms with E-state index < -0.39 is 5.97 Å². The Morgan fingerprint density at radius 2 is 1.87 bits per heavy atom. The molecule has 0 aliphatic heterocycles. The molecule has 3 N–H and O–H groups in total. The van der Waals surface area contributed by atoms with Gasteiger partial charge in [-0.3, -0.25) is 9.69 Å². The number of carboxylic acid groups (broad SMARTS) is 1. The van der Waals surface area contributed by atoms with Crippen molar-refractivity contribution in [1.29, 1.82) is 0 Å². The molecule has 0 radical (unpaired) electrons. The number of aliphatic carboxylic acids is 1. The van der Waals surface area contributed by atoms with Gasteiger partial charge < -0.3 is 15.7 Å². The Morgan fingerprint density at radius 1 is 1.22 bits per heavy atom. The van der Waals surface area contributed by atoms with Crippen LogP contribution in [0.3, 0.4) is 0 Å². The van der Waals surface area contributed by atoms with E-state index in [-0.39, 0.29) is 30.7 Å². The smallest absolute Gasteiger partial charge is 0.317 e. The summed E-state index contributed by atoms with van der Waals surface area (Å²) in [7, 11) is 0. The van der Waals surface area contributed by atoms with E-state index in [4.69, 9.17) is 5.11 Å². The van der Waals surface area contributed by atoms with Crippen LogP contribution >= 0.6 is 0 Å². The van der Waals surface area contributed by atoms with Crippen molar-refractivity contribution < 1.29 is 14.7 Å². The molecule has 134 valence electrons. The molecule has 6 heteroatoms. The van der Waals surface area contributed by atoms with Gasteiger partial charge in [0.2, 0.25) is 0 Å². The van der Waals surface area contributed by atoms with E-state index in [2.05, 4.69) is 24.5 Å². The number of carbonyl (C=O) groups excluding carboxylic acids is 1. The van der Waals surface area contributed by atoms with Gasteiger partial charge in [-0.25, -0.2) is 4.79 Å². The number of urea groups is 1. The maximum atomic E-state index is 11.9. The van der Waals surface area contributed by atoms with Gasteiger partial charge in [-0.2, -0.15) is 0 Å². The Labute approximate surface area is 140 Å². The summed E-state index contributed by atoms with van der Waals surface area (Å²) >= 11 is 0. The van der Waals surface area contributed by atoms with Crippen LogP contribution in [0.15, 0.2) is 0 Å². The summed E-state index contributed by atoms with van der Waals surface area (Å²) in [6.45, 7) is 9.23. The zero-order valence-electron chi connectivity index (χ0n) is 15.0. The average Bonchev–Trinajstić information content (AvgIpc) is 2.39. The minimum atomic E-state index is -0.795. The molecule has 6 nitrogen and oxygen atoms in total. The van der Waals surface area contributed by atoms with E-state index in [1.165, 1.54) is 6.42 Å². The Hall–Kier alpha value is -1.30. The first kappa shape index (κ1) is 19.7. The maximum Gasteiger partial charge on any atom is 0.317 e. The van der Waals surface area contributed by atoms with Crippen molar-refractivity contribution in [1.82, 2.24) is 15.5 Å². The number of rotatable bonds is 10. The van der Waals surface area contributed by atoms with E-state index in [1.807, 2.05) is 18.7 Å². The second kappa shape index (κ2) is 9.75. The first-order valence-corrected chi connectivity index (χ1v) is 8.84. The molecule has 2 amide bonds. The van der Waals surface area contributed by atoms with Gasteiger partial charge in [0.1, 0.15) is 0 Å². The van der Waals surface area contributed by atoms with Crippen molar-refractivity contribution in [2.75, 3.05) is 13.1 Å². The molecule has 1 aliphatic rings. The number of likely N-dealkylation sites (N-methyl/N-ethyl adjacent to an activating group) is 1. The molecule has 0 saturated heterocycles. The van der Waals surface area contributed by atoms with Gasteiger partial charge in [-0.1, -0.05) is 33.6 Å².